The van der Waals surface area contributed by atoms with Crippen LogP contribution in [-0.2, 0) is 0 Å². The molecule has 0 aliphatic carbocycles. The van der Waals surface area contributed by atoms with Gasteiger partial charge in [0.05, 0.1) is 6.10 Å². The lowest BCUT2D eigenvalue weighted by atomic mass is 9.88. The van der Waals surface area contributed by atoms with E-state index in [1.54, 1.807) is 0 Å². The van der Waals surface area contributed by atoms with Crippen molar-refractivity contribution in [1.82, 2.24) is 0 Å². The van der Waals surface area contributed by atoms with Crippen molar-refractivity contribution in [3.63, 3.8) is 0 Å². The number of hydrogen-bond donors (Lipinski definition) is 1. The zero-order valence-electron chi connectivity index (χ0n) is 16.7. The normalized spacial score (nSPS) is 15.9. The van der Waals surface area contributed by atoms with E-state index >= 15 is 0 Å². The van der Waals surface area contributed by atoms with Gasteiger partial charge in [-0.2, -0.15) is 65.9 Å². The molecule has 0 saturated carbocycles. The molecule has 0 amide bonds. The van der Waals surface area contributed by atoms with Crippen molar-refractivity contribution >= 4 is 5.69 Å². The molecule has 198 valence electrons. The third-order valence-electron chi connectivity index (χ3n) is 4.64. The average Bonchev–Trinajstić information content (AvgIpc) is 2.65. The minimum atomic E-state index is -8.34. The van der Waals surface area contributed by atoms with Crippen molar-refractivity contribution in [2.45, 2.75) is 54.2 Å². The Kier molecular flexibility index (Phi) is 7.53. The van der Waals surface area contributed by atoms with Gasteiger partial charge in [-0.05, 0) is 17.7 Å². The third kappa shape index (κ3) is 4.46. The summed E-state index contributed by atoms with van der Waals surface area (Å²) in [4.78, 5) is 1.43. The minimum absolute atomic E-state index is 0.354. The first-order chi connectivity index (χ1) is 14.8. The molecule has 1 aromatic carbocycles. The van der Waals surface area contributed by atoms with E-state index in [2.05, 4.69) is 0 Å². The largest absolute Gasteiger partial charge is 0.460 e. The first-order valence-electron chi connectivity index (χ1n) is 8.58. The molecule has 0 heterocycles. The maximum Gasteiger partial charge on any atom is 0.460 e. The smallest absolute Gasteiger partial charge is 0.388 e. The number of hydrogen-bond acceptors (Lipinski definition) is 2. The lowest BCUT2D eigenvalue weighted by Gasteiger charge is -2.41. The van der Waals surface area contributed by atoms with Crippen LogP contribution in [0.4, 0.5) is 71.5 Å². The first kappa shape index (κ1) is 30.0. The van der Waals surface area contributed by atoms with Crippen LogP contribution in [0.15, 0.2) is 24.3 Å². The van der Waals surface area contributed by atoms with Gasteiger partial charge in [-0.1, -0.05) is 12.1 Å². The monoisotopic (exact) mass is 533 g/mol. The van der Waals surface area contributed by atoms with Gasteiger partial charge in [0.15, 0.2) is 0 Å². The molecule has 0 aliphatic heterocycles. The van der Waals surface area contributed by atoms with Gasteiger partial charge < -0.3 is 10.0 Å². The number of rotatable bonds is 9. The highest BCUT2D eigenvalue weighted by molar-refractivity contribution is 5.46. The maximum atomic E-state index is 13.9. The van der Waals surface area contributed by atoms with Crippen molar-refractivity contribution in [2.75, 3.05) is 19.0 Å². The SMILES string of the molecule is CN(C)c1ccc(C(O)CC(F)(F)C(F)(F)C(F)(F)C(F)(F)C(F)(F)C(F)(F)C(F)(F)F)cc1. The van der Waals surface area contributed by atoms with Crippen molar-refractivity contribution in [3.05, 3.63) is 29.8 Å². The number of nitrogens with zero attached hydrogens (tertiary/aromatic N) is 1. The Morgan fingerprint density at radius 3 is 1.32 bits per heavy atom. The van der Waals surface area contributed by atoms with Crippen LogP contribution in [-0.4, -0.2) is 60.9 Å². The van der Waals surface area contributed by atoms with E-state index < -0.39 is 59.8 Å². The Hall–Kier alpha value is -2.07. The molecule has 2 nitrogen and oxygen atoms in total. The predicted molar refractivity (Wildman–Crippen MR) is 86.1 cm³/mol. The summed E-state index contributed by atoms with van der Waals surface area (Å²) < 4.78 is 198. The number of alkyl halides is 15. The summed E-state index contributed by atoms with van der Waals surface area (Å²) in [5, 5.41) is 9.64. The number of aliphatic hydroxyl groups is 1. The second-order valence-electron chi connectivity index (χ2n) is 7.28. The predicted octanol–water partition coefficient (Wildman–Crippen LogP) is 6.55. The van der Waals surface area contributed by atoms with E-state index in [4.69, 9.17) is 0 Å². The van der Waals surface area contributed by atoms with Gasteiger partial charge in [0.2, 0.25) is 0 Å². The van der Waals surface area contributed by atoms with Crippen LogP contribution in [0, 0.1) is 0 Å². The van der Waals surface area contributed by atoms with E-state index in [0.717, 1.165) is 24.3 Å². The van der Waals surface area contributed by atoms with Crippen molar-refractivity contribution in [2.24, 2.45) is 0 Å². The van der Waals surface area contributed by atoms with Crippen LogP contribution < -0.4 is 4.90 Å². The molecule has 1 atom stereocenters. The zero-order chi connectivity index (χ0) is 27.3. The van der Waals surface area contributed by atoms with E-state index in [1.165, 1.54) is 19.0 Å². The molecule has 0 fully saturated rings. The standard InChI is InChI=1S/C17H14F15NO/c1-33(2)9-5-3-8(4-6-9)10(34)7-11(18,19)12(20,21)13(22,23)14(24,25)15(26,27)16(28,29)17(30,31)32/h3-6,10,34H,7H2,1-2H3. The fourth-order valence-electron chi connectivity index (χ4n) is 2.48. The highest BCUT2D eigenvalue weighted by Gasteiger charge is 2.93. The summed E-state index contributed by atoms with van der Waals surface area (Å²) in [5.41, 5.74) is -0.308. The fraction of sp³-hybridized carbons (Fsp3) is 0.647. The maximum absolute atomic E-state index is 13.9. The quantitative estimate of drug-likeness (QED) is 0.364. The molecule has 34 heavy (non-hydrogen) atoms. The topological polar surface area (TPSA) is 23.5 Å². The molecular weight excluding hydrogens is 519 g/mol. The number of benzene rings is 1. The molecule has 1 unspecified atom stereocenters. The molecule has 0 aromatic heterocycles. The van der Waals surface area contributed by atoms with Crippen LogP contribution in [0.1, 0.15) is 18.1 Å². The number of anilines is 1. The molecule has 0 saturated heterocycles. The zero-order valence-corrected chi connectivity index (χ0v) is 16.7. The second-order valence-corrected chi connectivity index (χ2v) is 7.28. The van der Waals surface area contributed by atoms with Crippen LogP contribution >= 0.6 is 0 Å². The van der Waals surface area contributed by atoms with E-state index in [-0.39, 0.29) is 0 Å². The summed E-state index contributed by atoms with van der Waals surface area (Å²) >= 11 is 0. The van der Waals surface area contributed by atoms with E-state index in [9.17, 15) is 71.0 Å². The van der Waals surface area contributed by atoms with Gasteiger partial charge in [0, 0.05) is 26.2 Å². The molecule has 1 N–H and O–H groups in total. The number of halogens is 15. The van der Waals surface area contributed by atoms with Crippen LogP contribution in [0.25, 0.3) is 0 Å². The van der Waals surface area contributed by atoms with Crippen LogP contribution in [0.3, 0.4) is 0 Å². The van der Waals surface area contributed by atoms with Gasteiger partial charge in [0.25, 0.3) is 0 Å². The summed E-state index contributed by atoms with van der Waals surface area (Å²) in [6.07, 6.45) is -13.3. The van der Waals surface area contributed by atoms with Crippen molar-refractivity contribution in [1.29, 1.82) is 0 Å². The molecule has 1 rings (SSSR count). The molecule has 0 aliphatic rings. The molecule has 0 bridgehead atoms. The summed E-state index contributed by atoms with van der Waals surface area (Å²) in [6, 6.07) is 3.85. The van der Waals surface area contributed by atoms with Gasteiger partial charge in [0.1, 0.15) is 0 Å². The van der Waals surface area contributed by atoms with Crippen LogP contribution in [0.5, 0.6) is 0 Å². The Labute approximate surface area is 180 Å². The number of aliphatic hydroxyl groups excluding tert-OH is 1. The van der Waals surface area contributed by atoms with E-state index in [0.29, 0.717) is 5.69 Å². The molecule has 17 heteroatoms. The Bertz CT molecular complexity index is 845. The highest BCUT2D eigenvalue weighted by atomic mass is 19.4. The van der Waals surface area contributed by atoms with Crippen molar-refractivity contribution in [3.8, 4) is 0 Å². The Balaban J connectivity index is 3.40. The molecular formula is C17H14F15NO. The van der Waals surface area contributed by atoms with Crippen LogP contribution in [0.2, 0.25) is 0 Å². The van der Waals surface area contributed by atoms with Gasteiger partial charge in [-0.15, -0.1) is 0 Å². The van der Waals surface area contributed by atoms with Gasteiger partial charge >= 0.3 is 41.7 Å². The lowest BCUT2D eigenvalue weighted by molar-refractivity contribution is -0.453. The first-order valence-corrected chi connectivity index (χ1v) is 8.58. The summed E-state index contributed by atoms with van der Waals surface area (Å²) in [6.45, 7) is 0. The Morgan fingerprint density at radius 1 is 0.618 bits per heavy atom. The highest BCUT2D eigenvalue weighted by Crippen LogP contribution is 2.63. The van der Waals surface area contributed by atoms with Crippen molar-refractivity contribution < 1.29 is 71.0 Å². The molecule has 1 aromatic rings. The molecule has 0 spiro atoms. The average molecular weight is 533 g/mol. The second kappa shape index (κ2) is 8.55. The fourth-order valence-corrected chi connectivity index (χ4v) is 2.48. The van der Waals surface area contributed by atoms with E-state index in [1.807, 2.05) is 0 Å². The third-order valence-corrected chi connectivity index (χ3v) is 4.64. The Morgan fingerprint density at radius 2 is 0.971 bits per heavy atom. The minimum Gasteiger partial charge on any atom is -0.388 e. The lowest BCUT2D eigenvalue weighted by Crippen LogP contribution is -2.72. The summed E-state index contributed by atoms with van der Waals surface area (Å²) in [7, 11) is 2.97. The molecule has 0 radical (unpaired) electrons. The summed E-state index contributed by atoms with van der Waals surface area (Å²) in [5.74, 6) is -47.0. The van der Waals surface area contributed by atoms with Gasteiger partial charge in [-0.25, -0.2) is 0 Å². The van der Waals surface area contributed by atoms with Gasteiger partial charge in [-0.3, -0.25) is 0 Å².